The van der Waals surface area contributed by atoms with Gasteiger partial charge in [0.1, 0.15) is 5.82 Å². The minimum absolute atomic E-state index is 0.163. The van der Waals surface area contributed by atoms with Crippen molar-refractivity contribution in [2.24, 2.45) is 5.92 Å². The highest BCUT2D eigenvalue weighted by molar-refractivity contribution is 9.09. The Hall–Kier alpha value is -0.800. The van der Waals surface area contributed by atoms with Gasteiger partial charge >= 0.3 is 0 Å². The summed E-state index contributed by atoms with van der Waals surface area (Å²) in [5.41, 5.74) is 1.21. The smallest absolute Gasteiger partial charge is 0.123 e. The average molecular weight is 353 g/mol. The summed E-state index contributed by atoms with van der Waals surface area (Å²) in [6.07, 6.45) is 2.16. The van der Waals surface area contributed by atoms with Gasteiger partial charge in [0.25, 0.3) is 0 Å². The molecule has 0 radical (unpaired) electrons. The van der Waals surface area contributed by atoms with Gasteiger partial charge in [-0.05, 0) is 54.3 Å². The Morgan fingerprint density at radius 3 is 2.35 bits per heavy atom. The summed E-state index contributed by atoms with van der Waals surface area (Å²) in [6.45, 7) is 0. The van der Waals surface area contributed by atoms with Crippen LogP contribution >= 0.6 is 27.7 Å². The molecule has 106 valence electrons. The average Bonchev–Trinajstić information content (AvgIpc) is 2.49. The number of hydrogen-bond donors (Lipinski definition) is 0. The highest BCUT2D eigenvalue weighted by Crippen LogP contribution is 2.22. The predicted molar refractivity (Wildman–Crippen MR) is 89.2 cm³/mol. The lowest BCUT2D eigenvalue weighted by Crippen LogP contribution is -2.07. The number of hydrogen-bond acceptors (Lipinski definition) is 1. The van der Waals surface area contributed by atoms with Crippen molar-refractivity contribution in [2.45, 2.75) is 17.7 Å². The van der Waals surface area contributed by atoms with Gasteiger partial charge in [0.2, 0.25) is 0 Å². The topological polar surface area (TPSA) is 0 Å². The Bertz CT molecular complexity index is 498. The summed E-state index contributed by atoms with van der Waals surface area (Å²) in [5.74, 6) is 1.54. The minimum atomic E-state index is -0.163. The van der Waals surface area contributed by atoms with Crippen LogP contribution in [0.3, 0.4) is 0 Å². The first-order chi connectivity index (χ1) is 9.78. The molecule has 0 spiro atoms. The van der Waals surface area contributed by atoms with Crippen molar-refractivity contribution in [3.05, 3.63) is 66.0 Å². The van der Waals surface area contributed by atoms with E-state index in [0.717, 1.165) is 23.9 Å². The van der Waals surface area contributed by atoms with E-state index in [9.17, 15) is 4.39 Å². The SMILES string of the molecule is Fc1ccc(CC(CBr)CCSc2ccccc2)cc1. The fraction of sp³-hybridized carbons (Fsp3) is 0.294. The van der Waals surface area contributed by atoms with E-state index in [0.29, 0.717) is 5.92 Å². The van der Waals surface area contributed by atoms with Crippen molar-refractivity contribution >= 4 is 27.7 Å². The van der Waals surface area contributed by atoms with Crippen molar-refractivity contribution < 1.29 is 4.39 Å². The highest BCUT2D eigenvalue weighted by atomic mass is 79.9. The second kappa shape index (κ2) is 8.48. The van der Waals surface area contributed by atoms with Gasteiger partial charge in [-0.3, -0.25) is 0 Å². The normalized spacial score (nSPS) is 12.3. The minimum Gasteiger partial charge on any atom is -0.207 e. The van der Waals surface area contributed by atoms with Crippen LogP contribution in [0.25, 0.3) is 0 Å². The van der Waals surface area contributed by atoms with E-state index in [1.165, 1.54) is 10.5 Å². The van der Waals surface area contributed by atoms with Gasteiger partial charge in [0.15, 0.2) is 0 Å². The molecule has 0 amide bonds. The third kappa shape index (κ3) is 5.29. The summed E-state index contributed by atoms with van der Waals surface area (Å²) < 4.78 is 12.9. The quantitative estimate of drug-likeness (QED) is 0.464. The molecule has 0 heterocycles. The van der Waals surface area contributed by atoms with Gasteiger partial charge in [-0.15, -0.1) is 11.8 Å². The number of thioether (sulfide) groups is 1. The lowest BCUT2D eigenvalue weighted by molar-refractivity contribution is 0.576. The van der Waals surface area contributed by atoms with Crippen molar-refractivity contribution in [2.75, 3.05) is 11.1 Å². The molecule has 0 nitrogen and oxygen atoms in total. The van der Waals surface area contributed by atoms with Crippen LogP contribution in [0.5, 0.6) is 0 Å². The molecular formula is C17H18BrFS. The monoisotopic (exact) mass is 352 g/mol. The molecule has 1 unspecified atom stereocenters. The zero-order valence-corrected chi connectivity index (χ0v) is 13.7. The molecule has 0 aliphatic heterocycles. The van der Waals surface area contributed by atoms with Crippen LogP contribution in [0.15, 0.2) is 59.5 Å². The third-order valence-electron chi connectivity index (χ3n) is 3.19. The maximum atomic E-state index is 12.9. The molecular weight excluding hydrogens is 335 g/mol. The van der Waals surface area contributed by atoms with Crippen LogP contribution in [-0.2, 0) is 6.42 Å². The molecule has 0 saturated heterocycles. The first kappa shape index (κ1) is 15.6. The Kier molecular flexibility index (Phi) is 6.61. The van der Waals surface area contributed by atoms with Crippen LogP contribution < -0.4 is 0 Å². The Morgan fingerprint density at radius 1 is 1.00 bits per heavy atom. The fourth-order valence-electron chi connectivity index (χ4n) is 2.05. The molecule has 0 bridgehead atoms. The summed E-state index contributed by atoms with van der Waals surface area (Å²) in [6, 6.07) is 17.3. The van der Waals surface area contributed by atoms with E-state index in [2.05, 4.69) is 40.2 Å². The van der Waals surface area contributed by atoms with Gasteiger partial charge in [0, 0.05) is 10.2 Å². The molecule has 20 heavy (non-hydrogen) atoms. The maximum absolute atomic E-state index is 12.9. The predicted octanol–water partition coefficient (Wildman–Crippen LogP) is 5.56. The first-order valence-corrected chi connectivity index (χ1v) is 8.87. The Labute approximate surface area is 132 Å². The molecule has 2 aromatic rings. The number of rotatable bonds is 7. The molecule has 0 N–H and O–H groups in total. The van der Waals surface area contributed by atoms with E-state index in [1.54, 1.807) is 12.1 Å². The number of alkyl halides is 1. The largest absolute Gasteiger partial charge is 0.207 e. The molecule has 0 saturated carbocycles. The van der Waals surface area contributed by atoms with Crippen LogP contribution in [0.1, 0.15) is 12.0 Å². The fourth-order valence-corrected chi connectivity index (χ4v) is 3.64. The molecule has 0 aliphatic carbocycles. The van der Waals surface area contributed by atoms with Gasteiger partial charge in [-0.2, -0.15) is 0 Å². The summed E-state index contributed by atoms with van der Waals surface area (Å²) >= 11 is 5.49. The van der Waals surface area contributed by atoms with Gasteiger partial charge in [-0.1, -0.05) is 46.3 Å². The Morgan fingerprint density at radius 2 is 1.70 bits per heavy atom. The molecule has 0 fully saturated rings. The Balaban J connectivity index is 1.79. The lowest BCUT2D eigenvalue weighted by Gasteiger charge is -2.14. The zero-order valence-electron chi connectivity index (χ0n) is 11.3. The first-order valence-electron chi connectivity index (χ1n) is 6.76. The number of halogens is 2. The lowest BCUT2D eigenvalue weighted by atomic mass is 9.99. The standard InChI is InChI=1S/C17H18BrFS/c18-13-15(12-14-6-8-16(19)9-7-14)10-11-20-17-4-2-1-3-5-17/h1-9,15H,10-13H2. The van der Waals surface area contributed by atoms with Gasteiger partial charge in [-0.25, -0.2) is 4.39 Å². The van der Waals surface area contributed by atoms with Crippen molar-refractivity contribution in [3.8, 4) is 0 Å². The van der Waals surface area contributed by atoms with E-state index in [-0.39, 0.29) is 5.82 Å². The summed E-state index contributed by atoms with van der Waals surface area (Å²) in [4.78, 5) is 1.32. The maximum Gasteiger partial charge on any atom is 0.123 e. The van der Waals surface area contributed by atoms with Crippen LogP contribution in [0, 0.1) is 11.7 Å². The van der Waals surface area contributed by atoms with Crippen LogP contribution in [0.4, 0.5) is 4.39 Å². The van der Waals surface area contributed by atoms with E-state index < -0.39 is 0 Å². The van der Waals surface area contributed by atoms with Crippen molar-refractivity contribution in [1.82, 2.24) is 0 Å². The highest BCUT2D eigenvalue weighted by Gasteiger charge is 2.09. The van der Waals surface area contributed by atoms with Crippen molar-refractivity contribution in [1.29, 1.82) is 0 Å². The van der Waals surface area contributed by atoms with E-state index in [1.807, 2.05) is 30.0 Å². The number of benzene rings is 2. The van der Waals surface area contributed by atoms with Crippen LogP contribution in [-0.4, -0.2) is 11.1 Å². The van der Waals surface area contributed by atoms with E-state index in [4.69, 9.17) is 0 Å². The molecule has 0 aromatic heterocycles. The molecule has 2 aromatic carbocycles. The molecule has 2 rings (SSSR count). The van der Waals surface area contributed by atoms with E-state index >= 15 is 0 Å². The zero-order chi connectivity index (χ0) is 14.2. The van der Waals surface area contributed by atoms with Crippen molar-refractivity contribution in [3.63, 3.8) is 0 Å². The van der Waals surface area contributed by atoms with Gasteiger partial charge in [0.05, 0.1) is 0 Å². The summed E-state index contributed by atoms with van der Waals surface area (Å²) in [7, 11) is 0. The second-order valence-electron chi connectivity index (χ2n) is 4.80. The van der Waals surface area contributed by atoms with Gasteiger partial charge < -0.3 is 0 Å². The molecule has 1 atom stereocenters. The second-order valence-corrected chi connectivity index (χ2v) is 6.62. The molecule has 3 heteroatoms. The summed E-state index contributed by atoms with van der Waals surface area (Å²) in [5, 5.41) is 0.986. The van der Waals surface area contributed by atoms with Crippen LogP contribution in [0.2, 0.25) is 0 Å². The third-order valence-corrected chi connectivity index (χ3v) is 5.15. The molecule has 0 aliphatic rings.